The van der Waals surface area contributed by atoms with Crippen molar-refractivity contribution >= 4 is 17.6 Å². The van der Waals surface area contributed by atoms with Gasteiger partial charge in [0.15, 0.2) is 0 Å². The van der Waals surface area contributed by atoms with E-state index in [4.69, 9.17) is 0 Å². The number of hydrogen-bond donors (Lipinski definition) is 1. The molecule has 2 heterocycles. The van der Waals surface area contributed by atoms with E-state index < -0.39 is 0 Å². The molecule has 6 heteroatoms. The third kappa shape index (κ3) is 7.40. The molecule has 6 nitrogen and oxygen atoms in total. The Morgan fingerprint density at radius 1 is 0.828 bits per heavy atom. The lowest BCUT2D eigenvalue weighted by molar-refractivity contribution is -0.141. The highest BCUT2D eigenvalue weighted by Crippen LogP contribution is 2.28. The van der Waals surface area contributed by atoms with Gasteiger partial charge in [0.1, 0.15) is 5.78 Å². The van der Waals surface area contributed by atoms with E-state index in [1.165, 1.54) is 0 Å². The Labute approximate surface area is 176 Å². The van der Waals surface area contributed by atoms with Crippen LogP contribution in [0.2, 0.25) is 0 Å². The molecule has 2 fully saturated rings. The van der Waals surface area contributed by atoms with Crippen LogP contribution in [0.1, 0.15) is 73.6 Å². The van der Waals surface area contributed by atoms with E-state index >= 15 is 0 Å². The average molecular weight is 408 g/mol. The van der Waals surface area contributed by atoms with Gasteiger partial charge in [-0.05, 0) is 52.4 Å². The van der Waals surface area contributed by atoms with Gasteiger partial charge < -0.3 is 15.1 Å². The minimum Gasteiger partial charge on any atom is -0.342 e. The number of likely N-dealkylation sites (tertiary alicyclic amines) is 2. The molecule has 2 rings (SSSR count). The monoisotopic (exact) mass is 407 g/mol. The van der Waals surface area contributed by atoms with Gasteiger partial charge in [0.05, 0.1) is 6.54 Å². The second kappa shape index (κ2) is 9.59. The lowest BCUT2D eigenvalue weighted by atomic mass is 9.82. The lowest BCUT2D eigenvalue weighted by Gasteiger charge is -2.37. The minimum absolute atomic E-state index is 0.0300. The van der Waals surface area contributed by atoms with Crippen molar-refractivity contribution in [3.63, 3.8) is 0 Å². The number of Topliss-reactive ketones (excluding diaryl/α,β-unsaturated/α-hetero) is 1. The van der Waals surface area contributed by atoms with Crippen molar-refractivity contribution in [2.45, 2.75) is 79.2 Å². The molecule has 0 aromatic heterocycles. The summed E-state index contributed by atoms with van der Waals surface area (Å²) in [4.78, 5) is 41.4. The summed E-state index contributed by atoms with van der Waals surface area (Å²) in [5.74, 6) is 1.11. The van der Waals surface area contributed by atoms with Crippen LogP contribution in [0.4, 0.5) is 0 Å². The molecule has 166 valence electrons. The molecule has 2 saturated heterocycles. The number of rotatable bonds is 5. The lowest BCUT2D eigenvalue weighted by Crippen LogP contribution is -2.49. The molecule has 0 aromatic carbocycles. The van der Waals surface area contributed by atoms with Crippen LogP contribution in [-0.2, 0) is 14.4 Å². The largest absolute Gasteiger partial charge is 0.342 e. The van der Waals surface area contributed by atoms with Crippen LogP contribution in [0, 0.1) is 17.3 Å². The van der Waals surface area contributed by atoms with Gasteiger partial charge in [-0.1, -0.05) is 20.8 Å². The number of nitrogens with zero attached hydrogens (tertiary/aromatic N) is 2. The molecular formula is C23H41N3O3. The molecule has 0 spiro atoms. The summed E-state index contributed by atoms with van der Waals surface area (Å²) in [6, 6.07) is 0. The molecule has 29 heavy (non-hydrogen) atoms. The second-order valence-electron chi connectivity index (χ2n) is 10.9. The number of hydrogen-bond acceptors (Lipinski definition) is 4. The van der Waals surface area contributed by atoms with E-state index in [0.717, 1.165) is 38.8 Å². The van der Waals surface area contributed by atoms with Gasteiger partial charge in [-0.25, -0.2) is 0 Å². The zero-order valence-corrected chi connectivity index (χ0v) is 19.3. The fourth-order valence-electron chi connectivity index (χ4n) is 4.01. The normalized spacial score (nSPS) is 20.1. The van der Waals surface area contributed by atoms with E-state index in [2.05, 4.69) is 5.32 Å². The average Bonchev–Trinajstić information content (AvgIpc) is 2.65. The van der Waals surface area contributed by atoms with Crippen LogP contribution >= 0.6 is 0 Å². The van der Waals surface area contributed by atoms with Crippen molar-refractivity contribution < 1.29 is 14.4 Å². The first-order chi connectivity index (χ1) is 13.4. The SMILES string of the molecule is CC(C)(C)NCC(=O)N1CCC(C(=O)N2CCC(CC(=O)C(C)(C)C)CC2)CC1. The predicted molar refractivity (Wildman–Crippen MR) is 115 cm³/mol. The fraction of sp³-hybridized carbons (Fsp3) is 0.870. The number of carbonyl (C=O) groups is 3. The van der Waals surface area contributed by atoms with E-state index in [9.17, 15) is 14.4 Å². The molecule has 0 radical (unpaired) electrons. The Balaban J connectivity index is 1.73. The summed E-state index contributed by atoms with van der Waals surface area (Å²) >= 11 is 0. The highest BCUT2D eigenvalue weighted by molar-refractivity contribution is 5.84. The molecule has 0 aliphatic carbocycles. The number of ketones is 1. The molecule has 2 aliphatic heterocycles. The molecule has 2 aliphatic rings. The van der Waals surface area contributed by atoms with Crippen molar-refractivity contribution in [3.05, 3.63) is 0 Å². The third-order valence-electron chi connectivity index (χ3n) is 6.20. The maximum absolute atomic E-state index is 12.9. The summed E-state index contributed by atoms with van der Waals surface area (Å²) < 4.78 is 0. The van der Waals surface area contributed by atoms with Crippen molar-refractivity contribution in [3.8, 4) is 0 Å². The van der Waals surface area contributed by atoms with Crippen LogP contribution in [0.15, 0.2) is 0 Å². The minimum atomic E-state index is -0.277. The summed E-state index contributed by atoms with van der Waals surface area (Å²) in [6.07, 6.45) is 3.98. The van der Waals surface area contributed by atoms with Crippen molar-refractivity contribution in [1.29, 1.82) is 0 Å². The van der Waals surface area contributed by atoms with Crippen LogP contribution in [0.5, 0.6) is 0 Å². The Morgan fingerprint density at radius 3 is 1.83 bits per heavy atom. The standard InChI is InChI=1S/C23H41N3O3/c1-22(2,3)19(27)15-17-7-11-26(12-8-17)21(29)18-9-13-25(14-10-18)20(28)16-24-23(4,5)6/h17-18,24H,7-16H2,1-6H3. The van der Waals surface area contributed by atoms with Gasteiger partial charge in [0.25, 0.3) is 0 Å². The topological polar surface area (TPSA) is 69.7 Å². The van der Waals surface area contributed by atoms with Gasteiger partial charge in [-0.2, -0.15) is 0 Å². The van der Waals surface area contributed by atoms with Crippen LogP contribution in [0.3, 0.4) is 0 Å². The van der Waals surface area contributed by atoms with Crippen LogP contribution < -0.4 is 5.32 Å². The summed E-state index contributed by atoms with van der Waals surface area (Å²) in [7, 11) is 0. The molecule has 1 N–H and O–H groups in total. The van der Waals surface area contributed by atoms with Gasteiger partial charge in [0, 0.05) is 49.5 Å². The van der Waals surface area contributed by atoms with E-state index in [1.807, 2.05) is 51.3 Å². The van der Waals surface area contributed by atoms with Gasteiger partial charge >= 0.3 is 0 Å². The number of amides is 2. The summed E-state index contributed by atoms with van der Waals surface area (Å²) in [5.41, 5.74) is -0.353. The van der Waals surface area contributed by atoms with Gasteiger partial charge in [-0.15, -0.1) is 0 Å². The van der Waals surface area contributed by atoms with Crippen molar-refractivity contribution in [2.24, 2.45) is 17.3 Å². The maximum atomic E-state index is 12.9. The van der Waals surface area contributed by atoms with E-state index in [0.29, 0.717) is 37.8 Å². The Morgan fingerprint density at radius 2 is 1.34 bits per heavy atom. The predicted octanol–water partition coefficient (Wildman–Crippen LogP) is 2.86. The highest BCUT2D eigenvalue weighted by atomic mass is 16.2. The Bertz CT molecular complexity index is 587. The molecular weight excluding hydrogens is 366 g/mol. The molecule has 2 amide bonds. The van der Waals surface area contributed by atoms with Crippen LogP contribution in [-0.4, -0.2) is 65.7 Å². The fourth-order valence-corrected chi connectivity index (χ4v) is 4.01. The maximum Gasteiger partial charge on any atom is 0.236 e. The molecule has 0 unspecified atom stereocenters. The Kier molecular flexibility index (Phi) is 7.88. The first-order valence-corrected chi connectivity index (χ1v) is 11.2. The van der Waals surface area contributed by atoms with Crippen molar-refractivity contribution in [1.82, 2.24) is 15.1 Å². The zero-order chi connectivity index (χ0) is 21.8. The number of piperidine rings is 2. The molecule has 0 atom stereocenters. The number of nitrogens with one attached hydrogen (secondary N) is 1. The van der Waals surface area contributed by atoms with E-state index in [1.54, 1.807) is 0 Å². The van der Waals surface area contributed by atoms with Gasteiger partial charge in [-0.3, -0.25) is 14.4 Å². The number of carbonyl (C=O) groups excluding carboxylic acids is 3. The van der Waals surface area contributed by atoms with Gasteiger partial charge in [0.2, 0.25) is 11.8 Å². The molecule has 0 saturated carbocycles. The Hall–Kier alpha value is -1.43. The first kappa shape index (κ1) is 23.8. The summed E-state index contributed by atoms with van der Waals surface area (Å²) in [5, 5.41) is 3.24. The zero-order valence-electron chi connectivity index (χ0n) is 19.3. The highest BCUT2D eigenvalue weighted by Gasteiger charge is 2.33. The smallest absolute Gasteiger partial charge is 0.236 e. The van der Waals surface area contributed by atoms with Crippen LogP contribution in [0.25, 0.3) is 0 Å². The quantitative estimate of drug-likeness (QED) is 0.761. The first-order valence-electron chi connectivity index (χ1n) is 11.2. The summed E-state index contributed by atoms with van der Waals surface area (Å²) in [6.45, 7) is 15.3. The second-order valence-corrected chi connectivity index (χ2v) is 10.9. The van der Waals surface area contributed by atoms with Crippen molar-refractivity contribution in [2.75, 3.05) is 32.7 Å². The molecule has 0 aromatic rings. The molecule has 0 bridgehead atoms. The third-order valence-corrected chi connectivity index (χ3v) is 6.20. The van der Waals surface area contributed by atoms with E-state index in [-0.39, 0.29) is 28.7 Å².